The fraction of sp³-hybridized carbons (Fsp3) is 0.571. The summed E-state index contributed by atoms with van der Waals surface area (Å²) in [6, 6.07) is 8.88. The van der Waals surface area contributed by atoms with E-state index in [2.05, 4.69) is 0 Å². The van der Waals surface area contributed by atoms with Gasteiger partial charge in [0.05, 0.1) is 0 Å². The van der Waals surface area contributed by atoms with Gasteiger partial charge in [-0.2, -0.15) is 0 Å². The van der Waals surface area contributed by atoms with Gasteiger partial charge in [0.2, 0.25) is 5.78 Å². The first-order valence-corrected chi connectivity index (χ1v) is 9.31. The maximum atomic E-state index is 12.8. The minimum Gasteiger partial charge on any atom is -0.480 e. The lowest BCUT2D eigenvalue weighted by molar-refractivity contribution is -0.160. The van der Waals surface area contributed by atoms with Gasteiger partial charge in [-0.1, -0.05) is 58.0 Å². The van der Waals surface area contributed by atoms with Gasteiger partial charge < -0.3 is 10.0 Å². The van der Waals surface area contributed by atoms with Crippen LogP contribution in [0.3, 0.4) is 0 Å². The maximum Gasteiger partial charge on any atom is 0.326 e. The number of carboxylic acids is 1. The van der Waals surface area contributed by atoms with Gasteiger partial charge >= 0.3 is 5.97 Å². The van der Waals surface area contributed by atoms with Crippen molar-refractivity contribution in [3.8, 4) is 0 Å². The zero-order valence-electron chi connectivity index (χ0n) is 16.1. The highest BCUT2D eigenvalue weighted by atomic mass is 16.4. The molecule has 3 atom stereocenters. The summed E-state index contributed by atoms with van der Waals surface area (Å²) >= 11 is 0. The Bertz CT molecular complexity index is 662. The fourth-order valence-electron chi connectivity index (χ4n) is 3.93. The first kappa shape index (κ1) is 20.1. The molecule has 1 aliphatic heterocycles. The lowest BCUT2D eigenvalue weighted by Gasteiger charge is -2.42. The van der Waals surface area contributed by atoms with E-state index in [1.807, 2.05) is 37.3 Å². The minimum atomic E-state index is -1.03. The van der Waals surface area contributed by atoms with Gasteiger partial charge in [-0.05, 0) is 36.7 Å². The molecule has 5 nitrogen and oxygen atoms in total. The van der Waals surface area contributed by atoms with Gasteiger partial charge in [0, 0.05) is 12.0 Å². The number of aliphatic carboxylic acids is 1. The number of benzene rings is 1. The van der Waals surface area contributed by atoms with Crippen molar-refractivity contribution in [1.82, 2.24) is 4.90 Å². The van der Waals surface area contributed by atoms with Gasteiger partial charge in [0.15, 0.2) is 0 Å². The topological polar surface area (TPSA) is 74.7 Å². The first-order valence-electron chi connectivity index (χ1n) is 9.31. The molecule has 1 aromatic rings. The first-order chi connectivity index (χ1) is 12.2. The van der Waals surface area contributed by atoms with E-state index in [0.717, 1.165) is 18.4 Å². The molecule has 3 unspecified atom stereocenters. The van der Waals surface area contributed by atoms with Crippen molar-refractivity contribution in [2.45, 2.75) is 58.9 Å². The molecule has 0 radical (unpaired) electrons. The molecule has 0 bridgehead atoms. The standard InChI is InChI=1S/C21H29NO4/c1-5-15(14-10-7-6-8-11-14)16-12-9-13-22(17(16)20(25)26)19(24)18(23)21(2,3)4/h6-8,10-11,15-17H,5,9,12-13H2,1-4H3,(H,25,26). The molecule has 1 heterocycles. The zero-order valence-corrected chi connectivity index (χ0v) is 16.1. The molecule has 142 valence electrons. The average Bonchev–Trinajstić information content (AvgIpc) is 2.60. The van der Waals surface area contributed by atoms with Crippen LogP contribution < -0.4 is 0 Å². The highest BCUT2D eigenvalue weighted by molar-refractivity contribution is 6.38. The lowest BCUT2D eigenvalue weighted by Crippen LogP contribution is -2.56. The minimum absolute atomic E-state index is 0.0395. The third-order valence-electron chi connectivity index (χ3n) is 5.25. The summed E-state index contributed by atoms with van der Waals surface area (Å²) in [6.07, 6.45) is 2.23. The summed E-state index contributed by atoms with van der Waals surface area (Å²) in [6.45, 7) is 7.41. The van der Waals surface area contributed by atoms with Crippen molar-refractivity contribution < 1.29 is 19.5 Å². The van der Waals surface area contributed by atoms with Gasteiger partial charge in [-0.3, -0.25) is 9.59 Å². The number of rotatable bonds is 5. The number of hydrogen-bond acceptors (Lipinski definition) is 3. The molecular weight excluding hydrogens is 330 g/mol. The lowest BCUT2D eigenvalue weighted by atomic mass is 9.74. The number of hydrogen-bond donors (Lipinski definition) is 1. The summed E-state index contributed by atoms with van der Waals surface area (Å²) in [4.78, 5) is 38.6. The second kappa shape index (κ2) is 8.02. The van der Waals surface area contributed by atoms with Crippen LogP contribution in [0.15, 0.2) is 30.3 Å². The van der Waals surface area contributed by atoms with Gasteiger partial charge in [0.1, 0.15) is 6.04 Å². The Morgan fingerprint density at radius 1 is 1.19 bits per heavy atom. The molecule has 26 heavy (non-hydrogen) atoms. The number of amides is 1. The monoisotopic (exact) mass is 359 g/mol. The van der Waals surface area contributed by atoms with E-state index in [1.54, 1.807) is 20.8 Å². The van der Waals surface area contributed by atoms with E-state index >= 15 is 0 Å². The number of carboxylic acid groups (broad SMARTS) is 1. The third-order valence-corrected chi connectivity index (χ3v) is 5.25. The summed E-state index contributed by atoms with van der Waals surface area (Å²) in [7, 11) is 0. The normalized spacial score (nSPS) is 21.9. The van der Waals surface area contributed by atoms with Gasteiger partial charge in [-0.15, -0.1) is 0 Å². The fourth-order valence-corrected chi connectivity index (χ4v) is 3.93. The van der Waals surface area contributed by atoms with E-state index in [0.29, 0.717) is 13.0 Å². The van der Waals surface area contributed by atoms with Crippen molar-refractivity contribution in [2.24, 2.45) is 11.3 Å². The summed E-state index contributed by atoms with van der Waals surface area (Å²) < 4.78 is 0. The molecule has 0 saturated carbocycles. The second-order valence-corrected chi connectivity index (χ2v) is 8.09. The van der Waals surface area contributed by atoms with Crippen molar-refractivity contribution in [3.63, 3.8) is 0 Å². The number of carbonyl (C=O) groups is 3. The molecule has 0 aromatic heterocycles. The van der Waals surface area contributed by atoms with Crippen LogP contribution in [0.4, 0.5) is 0 Å². The molecule has 1 saturated heterocycles. The molecule has 5 heteroatoms. The maximum absolute atomic E-state index is 12.8. The molecule has 2 rings (SSSR count). The quantitative estimate of drug-likeness (QED) is 0.817. The predicted octanol–water partition coefficient (Wildman–Crippen LogP) is 3.49. The number of likely N-dealkylation sites (tertiary alicyclic amines) is 1. The van der Waals surface area contributed by atoms with Crippen molar-refractivity contribution in [2.75, 3.05) is 6.54 Å². The number of Topliss-reactive ketones (excluding diaryl/α,β-unsaturated/α-hetero) is 1. The zero-order chi connectivity index (χ0) is 19.5. The van der Waals surface area contributed by atoms with E-state index in [9.17, 15) is 19.5 Å². The number of ketones is 1. The smallest absolute Gasteiger partial charge is 0.326 e. The Morgan fingerprint density at radius 2 is 1.81 bits per heavy atom. The predicted molar refractivity (Wildman–Crippen MR) is 99.8 cm³/mol. The van der Waals surface area contributed by atoms with Gasteiger partial charge in [0.25, 0.3) is 5.91 Å². The molecule has 1 N–H and O–H groups in total. The third kappa shape index (κ3) is 4.14. The highest BCUT2D eigenvalue weighted by Crippen LogP contribution is 2.38. The van der Waals surface area contributed by atoms with Crippen LogP contribution in [0.5, 0.6) is 0 Å². The number of piperidine rings is 1. The SMILES string of the molecule is CCC(c1ccccc1)C1CCCN(C(=O)C(=O)C(C)(C)C)C1C(=O)O. The van der Waals surface area contributed by atoms with Crippen molar-refractivity contribution >= 4 is 17.7 Å². The van der Waals surface area contributed by atoms with Crippen molar-refractivity contribution in [1.29, 1.82) is 0 Å². The second-order valence-electron chi connectivity index (χ2n) is 8.09. The molecular formula is C21H29NO4. The number of carbonyl (C=O) groups excluding carboxylic acids is 2. The van der Waals surface area contributed by atoms with Crippen LogP contribution in [-0.2, 0) is 14.4 Å². The van der Waals surface area contributed by atoms with Gasteiger partial charge in [-0.25, -0.2) is 4.79 Å². The molecule has 0 spiro atoms. The molecule has 1 amide bonds. The largest absolute Gasteiger partial charge is 0.480 e. The highest BCUT2D eigenvalue weighted by Gasteiger charge is 2.45. The molecule has 1 aliphatic rings. The Hall–Kier alpha value is -2.17. The molecule has 1 aromatic carbocycles. The molecule has 1 fully saturated rings. The van der Waals surface area contributed by atoms with E-state index < -0.39 is 29.1 Å². The van der Waals surface area contributed by atoms with E-state index in [4.69, 9.17) is 0 Å². The Morgan fingerprint density at radius 3 is 2.31 bits per heavy atom. The average molecular weight is 359 g/mol. The Kier molecular flexibility index (Phi) is 6.21. The molecule has 0 aliphatic carbocycles. The Labute approximate surface area is 155 Å². The van der Waals surface area contributed by atoms with E-state index in [1.165, 1.54) is 4.90 Å². The van der Waals surface area contributed by atoms with Crippen LogP contribution >= 0.6 is 0 Å². The van der Waals surface area contributed by atoms with Crippen LogP contribution in [0, 0.1) is 11.3 Å². The Balaban J connectivity index is 2.37. The van der Waals surface area contributed by atoms with Crippen molar-refractivity contribution in [3.05, 3.63) is 35.9 Å². The summed E-state index contributed by atoms with van der Waals surface area (Å²) in [5.74, 6) is -2.39. The number of nitrogens with zero attached hydrogens (tertiary/aromatic N) is 1. The summed E-state index contributed by atoms with van der Waals surface area (Å²) in [5, 5.41) is 9.90. The van der Waals surface area contributed by atoms with Crippen LogP contribution in [0.25, 0.3) is 0 Å². The van der Waals surface area contributed by atoms with Crippen LogP contribution in [0.2, 0.25) is 0 Å². The van der Waals surface area contributed by atoms with Crippen LogP contribution in [-0.4, -0.2) is 40.3 Å². The van der Waals surface area contributed by atoms with E-state index in [-0.39, 0.29) is 11.8 Å². The summed E-state index contributed by atoms with van der Waals surface area (Å²) in [5.41, 5.74) is 0.263. The van der Waals surface area contributed by atoms with Crippen LogP contribution in [0.1, 0.15) is 58.4 Å².